The molecule has 0 radical (unpaired) electrons. The Bertz CT molecular complexity index is 449. The van der Waals surface area contributed by atoms with Crippen LogP contribution in [0.25, 0.3) is 0 Å². The normalized spacial score (nSPS) is 20.3. The van der Waals surface area contributed by atoms with E-state index in [1.54, 1.807) is 13.3 Å². The monoisotopic (exact) mass is 295 g/mol. The minimum Gasteiger partial charge on any atom is -0.493 e. The Balaban J connectivity index is 2.46. The van der Waals surface area contributed by atoms with Crippen molar-refractivity contribution in [3.63, 3.8) is 0 Å². The number of hydrogen-bond donors (Lipinski definition) is 2. The molecule has 6 nitrogen and oxygen atoms in total. The molecule has 21 heavy (non-hydrogen) atoms. The highest BCUT2D eigenvalue weighted by Gasteiger charge is 2.43. The molecule has 0 bridgehead atoms. The van der Waals surface area contributed by atoms with Gasteiger partial charge in [0.1, 0.15) is 5.69 Å². The number of nitrogens with zero attached hydrogens (tertiary/aromatic N) is 3. The molecule has 1 unspecified atom stereocenters. The molecule has 1 aliphatic carbocycles. The zero-order valence-corrected chi connectivity index (χ0v) is 13.7. The molecule has 0 aromatic carbocycles. The SMILES string of the molecule is COc1cnn(C)c1C(NN)C1(N(C)C)CCCCCC1. The number of aryl methyl sites for hydroxylation is 1. The fraction of sp³-hybridized carbons (Fsp3) is 0.800. The molecule has 1 aromatic heterocycles. The third-order valence-corrected chi connectivity index (χ3v) is 5.01. The highest BCUT2D eigenvalue weighted by Crippen LogP contribution is 2.42. The van der Waals surface area contributed by atoms with Crippen LogP contribution >= 0.6 is 0 Å². The van der Waals surface area contributed by atoms with Crippen LogP contribution in [0.3, 0.4) is 0 Å². The van der Waals surface area contributed by atoms with Gasteiger partial charge in [-0.15, -0.1) is 0 Å². The number of likely N-dealkylation sites (N-methyl/N-ethyl adjacent to an activating group) is 1. The smallest absolute Gasteiger partial charge is 0.161 e. The van der Waals surface area contributed by atoms with E-state index in [9.17, 15) is 0 Å². The van der Waals surface area contributed by atoms with E-state index in [4.69, 9.17) is 10.6 Å². The molecule has 0 saturated heterocycles. The predicted molar refractivity (Wildman–Crippen MR) is 83.9 cm³/mol. The lowest BCUT2D eigenvalue weighted by atomic mass is 9.79. The van der Waals surface area contributed by atoms with Gasteiger partial charge in [0.2, 0.25) is 0 Å². The van der Waals surface area contributed by atoms with E-state index in [-0.39, 0.29) is 11.6 Å². The summed E-state index contributed by atoms with van der Waals surface area (Å²) in [6.45, 7) is 0. The van der Waals surface area contributed by atoms with Crippen LogP contribution in [0.15, 0.2) is 6.20 Å². The quantitative estimate of drug-likeness (QED) is 0.490. The van der Waals surface area contributed by atoms with Crippen LogP contribution in [0.5, 0.6) is 5.75 Å². The molecule has 2 rings (SSSR count). The highest BCUT2D eigenvalue weighted by molar-refractivity contribution is 5.31. The fourth-order valence-corrected chi connectivity index (χ4v) is 3.74. The van der Waals surface area contributed by atoms with Crippen LogP contribution < -0.4 is 16.0 Å². The number of hydrogen-bond acceptors (Lipinski definition) is 5. The third-order valence-electron chi connectivity index (χ3n) is 5.01. The van der Waals surface area contributed by atoms with Crippen molar-refractivity contribution < 1.29 is 4.74 Å². The number of hydrazine groups is 1. The molecular weight excluding hydrogens is 266 g/mol. The summed E-state index contributed by atoms with van der Waals surface area (Å²) >= 11 is 0. The van der Waals surface area contributed by atoms with E-state index < -0.39 is 0 Å². The molecule has 6 heteroatoms. The van der Waals surface area contributed by atoms with Crippen molar-refractivity contribution in [2.45, 2.75) is 50.1 Å². The number of nitrogens with two attached hydrogens (primary N) is 1. The van der Waals surface area contributed by atoms with Crippen molar-refractivity contribution in [1.82, 2.24) is 20.1 Å². The molecule has 0 amide bonds. The van der Waals surface area contributed by atoms with Crippen LogP contribution in [0, 0.1) is 0 Å². The molecule has 0 spiro atoms. The largest absolute Gasteiger partial charge is 0.493 e. The Morgan fingerprint density at radius 3 is 2.43 bits per heavy atom. The van der Waals surface area contributed by atoms with Gasteiger partial charge in [0.15, 0.2) is 5.75 Å². The second kappa shape index (κ2) is 6.77. The zero-order chi connectivity index (χ0) is 15.5. The van der Waals surface area contributed by atoms with Gasteiger partial charge in [0.05, 0.1) is 19.3 Å². The summed E-state index contributed by atoms with van der Waals surface area (Å²) in [6.07, 6.45) is 9.09. The Morgan fingerprint density at radius 1 is 1.33 bits per heavy atom. The molecule has 1 fully saturated rings. The van der Waals surface area contributed by atoms with Crippen LogP contribution in [0.4, 0.5) is 0 Å². The maximum Gasteiger partial charge on any atom is 0.161 e. The number of nitrogens with one attached hydrogen (secondary N) is 1. The van der Waals surface area contributed by atoms with Crippen molar-refractivity contribution in [3.05, 3.63) is 11.9 Å². The first-order chi connectivity index (χ1) is 10.1. The second-order valence-electron chi connectivity index (χ2n) is 6.23. The number of rotatable bonds is 5. The third kappa shape index (κ3) is 2.93. The molecule has 1 aromatic rings. The maximum absolute atomic E-state index is 5.99. The Morgan fingerprint density at radius 2 is 1.95 bits per heavy atom. The van der Waals surface area contributed by atoms with Crippen LogP contribution in [0.1, 0.15) is 50.3 Å². The van der Waals surface area contributed by atoms with Crippen LogP contribution in [0.2, 0.25) is 0 Å². The molecular formula is C15H29N5O. The van der Waals surface area contributed by atoms with Gasteiger partial charge in [-0.25, -0.2) is 5.43 Å². The van der Waals surface area contributed by atoms with Gasteiger partial charge in [-0.1, -0.05) is 25.7 Å². The average molecular weight is 295 g/mol. The molecule has 1 atom stereocenters. The summed E-state index contributed by atoms with van der Waals surface area (Å²) in [6, 6.07) is -0.00644. The van der Waals surface area contributed by atoms with E-state index in [2.05, 4.69) is 29.5 Å². The first kappa shape index (κ1) is 16.3. The molecule has 1 aliphatic rings. The predicted octanol–water partition coefficient (Wildman–Crippen LogP) is 1.59. The highest BCUT2D eigenvalue weighted by atomic mass is 16.5. The van der Waals surface area contributed by atoms with E-state index >= 15 is 0 Å². The lowest BCUT2D eigenvalue weighted by Crippen LogP contribution is -2.55. The minimum atomic E-state index is -0.00762. The van der Waals surface area contributed by atoms with E-state index in [0.717, 1.165) is 24.3 Å². The van der Waals surface area contributed by atoms with Gasteiger partial charge in [-0.3, -0.25) is 10.5 Å². The van der Waals surface area contributed by atoms with Crippen molar-refractivity contribution in [3.8, 4) is 5.75 Å². The lowest BCUT2D eigenvalue weighted by Gasteiger charge is -2.45. The first-order valence-electron chi connectivity index (χ1n) is 7.76. The second-order valence-corrected chi connectivity index (χ2v) is 6.23. The van der Waals surface area contributed by atoms with Gasteiger partial charge in [0, 0.05) is 12.6 Å². The van der Waals surface area contributed by atoms with Crippen LogP contribution in [-0.4, -0.2) is 41.4 Å². The number of aromatic nitrogens is 2. The molecule has 1 heterocycles. The van der Waals surface area contributed by atoms with Gasteiger partial charge in [0.25, 0.3) is 0 Å². The number of ether oxygens (including phenoxy) is 1. The summed E-state index contributed by atoms with van der Waals surface area (Å²) in [7, 11) is 7.93. The Hall–Kier alpha value is -1.11. The average Bonchev–Trinajstić information content (AvgIpc) is 2.68. The van der Waals surface area contributed by atoms with Gasteiger partial charge >= 0.3 is 0 Å². The summed E-state index contributed by atoms with van der Waals surface area (Å²) in [5.41, 5.74) is 4.07. The van der Waals surface area contributed by atoms with Crippen molar-refractivity contribution in [2.24, 2.45) is 12.9 Å². The summed E-state index contributed by atoms with van der Waals surface area (Å²) < 4.78 is 7.37. The van der Waals surface area contributed by atoms with Crippen molar-refractivity contribution in [1.29, 1.82) is 0 Å². The van der Waals surface area contributed by atoms with Crippen molar-refractivity contribution >= 4 is 0 Å². The molecule has 3 N–H and O–H groups in total. The molecule has 120 valence electrons. The van der Waals surface area contributed by atoms with Gasteiger partial charge in [-0.2, -0.15) is 5.10 Å². The Kier molecular flexibility index (Phi) is 5.24. The number of methoxy groups -OCH3 is 1. The summed E-state index contributed by atoms with van der Waals surface area (Å²) in [5, 5.41) is 4.34. The maximum atomic E-state index is 5.99. The van der Waals surface area contributed by atoms with Crippen LogP contribution in [-0.2, 0) is 7.05 Å². The van der Waals surface area contributed by atoms with E-state index in [1.165, 1.54) is 25.7 Å². The lowest BCUT2D eigenvalue weighted by molar-refractivity contribution is 0.0753. The topological polar surface area (TPSA) is 68.3 Å². The summed E-state index contributed by atoms with van der Waals surface area (Å²) in [5.74, 6) is 6.79. The molecule has 1 saturated carbocycles. The zero-order valence-electron chi connectivity index (χ0n) is 13.7. The van der Waals surface area contributed by atoms with Crippen molar-refractivity contribution in [2.75, 3.05) is 21.2 Å². The first-order valence-corrected chi connectivity index (χ1v) is 7.76. The van der Waals surface area contributed by atoms with Gasteiger partial charge in [-0.05, 0) is 26.9 Å². The Labute approximate surface area is 127 Å². The minimum absolute atomic E-state index is 0.00644. The standard InChI is InChI=1S/C15H29N5O/c1-19(2)15(9-7-5-6-8-10-15)14(18-16)13-12(21-4)11-17-20(13)3/h11,14,18H,5-10,16H2,1-4H3. The molecule has 0 aliphatic heterocycles. The van der Waals surface area contributed by atoms with E-state index in [0.29, 0.717) is 0 Å². The fourth-order valence-electron chi connectivity index (χ4n) is 3.74. The van der Waals surface area contributed by atoms with Gasteiger partial charge < -0.3 is 9.64 Å². The summed E-state index contributed by atoms with van der Waals surface area (Å²) in [4.78, 5) is 2.33. The van der Waals surface area contributed by atoms with E-state index in [1.807, 2.05) is 11.7 Å².